The summed E-state index contributed by atoms with van der Waals surface area (Å²) in [7, 11) is 0. The lowest BCUT2D eigenvalue weighted by Crippen LogP contribution is -1.93. The summed E-state index contributed by atoms with van der Waals surface area (Å²) in [4.78, 5) is 20.8. The number of hydrogen-bond acceptors (Lipinski definition) is 2. The van der Waals surface area contributed by atoms with Crippen LogP contribution in [0.2, 0.25) is 0 Å². The maximum Gasteiger partial charge on any atom is 0.162 e. The number of allylic oxidation sites excluding steroid dienone is 2. The molecule has 1 fully saturated rings. The van der Waals surface area contributed by atoms with Crippen molar-refractivity contribution in [3.63, 3.8) is 0 Å². The Morgan fingerprint density at radius 3 is 2.55 bits per heavy atom. The molecule has 0 amide bonds. The lowest BCUT2D eigenvalue weighted by atomic mass is 10.1. The molecule has 0 spiro atoms. The summed E-state index contributed by atoms with van der Waals surface area (Å²) in [6.45, 7) is 0. The molecular formula is C9H12O2. The highest BCUT2D eigenvalue weighted by Gasteiger charge is 2.07. The van der Waals surface area contributed by atoms with Gasteiger partial charge in [-0.25, -0.2) is 0 Å². The van der Waals surface area contributed by atoms with E-state index in [4.69, 9.17) is 0 Å². The fourth-order valence-corrected chi connectivity index (χ4v) is 1.34. The minimum absolute atomic E-state index is 0.0445. The molecule has 2 heteroatoms. The number of carbonyl (C=O) groups excluding carboxylic acids is 2. The lowest BCUT2D eigenvalue weighted by Gasteiger charge is -1.91. The molecule has 1 aliphatic carbocycles. The van der Waals surface area contributed by atoms with Crippen LogP contribution in [0.4, 0.5) is 0 Å². The molecule has 1 aliphatic rings. The fraction of sp³-hybridized carbons (Fsp3) is 0.556. The van der Waals surface area contributed by atoms with Crippen molar-refractivity contribution >= 4 is 12.1 Å². The van der Waals surface area contributed by atoms with Crippen LogP contribution in [0.1, 0.15) is 32.1 Å². The first-order valence-corrected chi connectivity index (χ1v) is 3.99. The zero-order chi connectivity index (χ0) is 8.10. The van der Waals surface area contributed by atoms with E-state index in [1.165, 1.54) is 18.4 Å². The monoisotopic (exact) mass is 152 g/mol. The Kier molecular flexibility index (Phi) is 3.02. The highest BCUT2D eigenvalue weighted by Crippen LogP contribution is 2.23. The van der Waals surface area contributed by atoms with Gasteiger partial charge in [0.05, 0.1) is 6.42 Å². The zero-order valence-corrected chi connectivity index (χ0v) is 6.51. The van der Waals surface area contributed by atoms with Gasteiger partial charge in [-0.3, -0.25) is 4.79 Å². The summed E-state index contributed by atoms with van der Waals surface area (Å²) >= 11 is 0. The van der Waals surface area contributed by atoms with E-state index in [-0.39, 0.29) is 12.2 Å². The van der Waals surface area contributed by atoms with Crippen molar-refractivity contribution in [3.8, 4) is 0 Å². The Morgan fingerprint density at radius 2 is 2.00 bits per heavy atom. The first-order valence-electron chi connectivity index (χ1n) is 3.99. The maximum absolute atomic E-state index is 10.9. The summed E-state index contributed by atoms with van der Waals surface area (Å²) in [6.07, 6.45) is 6.83. The first kappa shape index (κ1) is 8.18. The Bertz CT molecular complexity index is 184. The molecule has 0 radical (unpaired) electrons. The SMILES string of the molecule is O=CCC(=O)C=C1CCCC1. The van der Waals surface area contributed by atoms with Gasteiger partial charge in [-0.2, -0.15) is 0 Å². The molecule has 0 aromatic heterocycles. The predicted molar refractivity (Wildman–Crippen MR) is 42.2 cm³/mol. The minimum atomic E-state index is -0.0445. The highest BCUT2D eigenvalue weighted by molar-refractivity contribution is 5.98. The Morgan fingerprint density at radius 1 is 1.36 bits per heavy atom. The van der Waals surface area contributed by atoms with Gasteiger partial charge in [0.2, 0.25) is 0 Å². The van der Waals surface area contributed by atoms with Crippen molar-refractivity contribution in [1.82, 2.24) is 0 Å². The van der Waals surface area contributed by atoms with E-state index in [9.17, 15) is 9.59 Å². The number of hydrogen-bond donors (Lipinski definition) is 0. The van der Waals surface area contributed by atoms with E-state index in [1.54, 1.807) is 6.08 Å². The molecule has 0 heterocycles. The van der Waals surface area contributed by atoms with Crippen LogP contribution in [0.15, 0.2) is 11.6 Å². The third-order valence-corrected chi connectivity index (χ3v) is 1.90. The van der Waals surface area contributed by atoms with Gasteiger partial charge in [0.1, 0.15) is 6.29 Å². The van der Waals surface area contributed by atoms with Gasteiger partial charge in [0.15, 0.2) is 5.78 Å². The maximum atomic E-state index is 10.9. The summed E-state index contributed by atoms with van der Waals surface area (Å²) in [5.74, 6) is -0.0445. The van der Waals surface area contributed by atoms with Crippen molar-refractivity contribution in [2.24, 2.45) is 0 Å². The second-order valence-corrected chi connectivity index (χ2v) is 2.85. The molecule has 0 aliphatic heterocycles. The van der Waals surface area contributed by atoms with E-state index in [2.05, 4.69) is 0 Å². The van der Waals surface area contributed by atoms with E-state index >= 15 is 0 Å². The topological polar surface area (TPSA) is 34.1 Å². The van der Waals surface area contributed by atoms with Crippen LogP contribution in [-0.2, 0) is 9.59 Å². The molecular weight excluding hydrogens is 140 g/mol. The summed E-state index contributed by atoms with van der Waals surface area (Å²) in [5.41, 5.74) is 1.22. The molecule has 0 aromatic rings. The average molecular weight is 152 g/mol. The van der Waals surface area contributed by atoms with E-state index in [0.29, 0.717) is 6.29 Å². The summed E-state index contributed by atoms with van der Waals surface area (Å²) in [6, 6.07) is 0. The second kappa shape index (κ2) is 4.06. The normalized spacial score (nSPS) is 16.5. The van der Waals surface area contributed by atoms with Gasteiger partial charge >= 0.3 is 0 Å². The van der Waals surface area contributed by atoms with Crippen molar-refractivity contribution in [3.05, 3.63) is 11.6 Å². The molecule has 60 valence electrons. The first-order chi connectivity index (χ1) is 5.33. The standard InChI is InChI=1S/C9H12O2/c10-6-5-9(11)7-8-3-1-2-4-8/h6-7H,1-5H2. The molecule has 0 saturated heterocycles. The van der Waals surface area contributed by atoms with Gasteiger partial charge < -0.3 is 4.79 Å². The van der Waals surface area contributed by atoms with Crippen LogP contribution < -0.4 is 0 Å². The number of aldehydes is 1. The Hall–Kier alpha value is -0.920. The van der Waals surface area contributed by atoms with Gasteiger partial charge in [0.25, 0.3) is 0 Å². The molecule has 1 saturated carbocycles. The van der Waals surface area contributed by atoms with Crippen LogP contribution in [-0.4, -0.2) is 12.1 Å². The van der Waals surface area contributed by atoms with Gasteiger partial charge in [-0.15, -0.1) is 0 Å². The van der Waals surface area contributed by atoms with Gasteiger partial charge in [-0.1, -0.05) is 5.57 Å². The highest BCUT2D eigenvalue weighted by atomic mass is 16.1. The van der Waals surface area contributed by atoms with Crippen LogP contribution in [0.5, 0.6) is 0 Å². The van der Waals surface area contributed by atoms with Crippen molar-refractivity contribution in [2.75, 3.05) is 0 Å². The second-order valence-electron chi connectivity index (χ2n) is 2.85. The average Bonchev–Trinajstić information content (AvgIpc) is 2.40. The van der Waals surface area contributed by atoms with Crippen molar-refractivity contribution in [1.29, 1.82) is 0 Å². The Labute approximate surface area is 66.3 Å². The molecule has 0 bridgehead atoms. The largest absolute Gasteiger partial charge is 0.303 e. The minimum Gasteiger partial charge on any atom is -0.303 e. The molecule has 11 heavy (non-hydrogen) atoms. The lowest BCUT2D eigenvalue weighted by molar-refractivity contribution is -0.118. The van der Waals surface area contributed by atoms with Crippen molar-refractivity contribution < 1.29 is 9.59 Å². The third-order valence-electron chi connectivity index (χ3n) is 1.90. The predicted octanol–water partition coefficient (Wildman–Crippen LogP) is 1.64. The summed E-state index contributed by atoms with van der Waals surface area (Å²) < 4.78 is 0. The van der Waals surface area contributed by atoms with E-state index in [1.807, 2.05) is 0 Å². The molecule has 0 unspecified atom stereocenters. The smallest absolute Gasteiger partial charge is 0.162 e. The molecule has 0 N–H and O–H groups in total. The van der Waals surface area contributed by atoms with Crippen LogP contribution in [0.3, 0.4) is 0 Å². The van der Waals surface area contributed by atoms with Crippen LogP contribution in [0.25, 0.3) is 0 Å². The molecule has 0 atom stereocenters. The van der Waals surface area contributed by atoms with Gasteiger partial charge in [-0.05, 0) is 31.8 Å². The molecule has 2 nitrogen and oxygen atoms in total. The van der Waals surface area contributed by atoms with Crippen LogP contribution in [0, 0.1) is 0 Å². The van der Waals surface area contributed by atoms with E-state index < -0.39 is 0 Å². The van der Waals surface area contributed by atoms with Crippen molar-refractivity contribution in [2.45, 2.75) is 32.1 Å². The van der Waals surface area contributed by atoms with E-state index in [0.717, 1.165) is 12.8 Å². The van der Waals surface area contributed by atoms with Gasteiger partial charge in [0, 0.05) is 0 Å². The number of ketones is 1. The van der Waals surface area contributed by atoms with Crippen LogP contribution >= 0.6 is 0 Å². The molecule has 1 rings (SSSR count). The summed E-state index contributed by atoms with van der Waals surface area (Å²) in [5, 5.41) is 0. The zero-order valence-electron chi connectivity index (χ0n) is 6.51. The fourth-order valence-electron chi connectivity index (χ4n) is 1.34. The molecule has 0 aromatic carbocycles. The third kappa shape index (κ3) is 2.66. The number of rotatable bonds is 3. The Balaban J connectivity index is 2.42. The number of carbonyl (C=O) groups is 2. The quantitative estimate of drug-likeness (QED) is 0.350.